The highest BCUT2D eigenvalue weighted by molar-refractivity contribution is 5.45. The Balaban J connectivity index is 2.98. The highest BCUT2D eigenvalue weighted by Gasteiger charge is 1.92. The monoisotopic (exact) mass is 100 g/mol. The van der Waals surface area contributed by atoms with Gasteiger partial charge < -0.3 is 0 Å². The van der Waals surface area contributed by atoms with Gasteiger partial charge in [0, 0.05) is 0 Å². The number of hydrogen-bond acceptors (Lipinski definition) is 1. The van der Waals surface area contributed by atoms with Gasteiger partial charge in [0.1, 0.15) is 0 Å². The Morgan fingerprint density at radius 1 is 1.86 bits per heavy atom. The highest BCUT2D eigenvalue weighted by Crippen LogP contribution is 1.85. The van der Waals surface area contributed by atoms with Gasteiger partial charge in [0.25, 0.3) is 0 Å². The molecule has 0 rings (SSSR count). The molecule has 41 valence electrons. The molecule has 0 N–H and O–H groups in total. The molecular formula is C5H10NO. The van der Waals surface area contributed by atoms with E-state index in [-0.39, 0.29) is 6.04 Å². The van der Waals surface area contributed by atoms with Gasteiger partial charge in [-0.25, -0.2) is 0 Å². The second kappa shape index (κ2) is 3.65. The summed E-state index contributed by atoms with van der Waals surface area (Å²) in [6, 6.07) is 0.206. The molecule has 0 aliphatic rings. The zero-order valence-corrected chi connectivity index (χ0v) is 4.72. The lowest BCUT2D eigenvalue weighted by molar-refractivity contribution is -0.110. The van der Waals surface area contributed by atoms with Crippen molar-refractivity contribution >= 4 is 6.41 Å². The zero-order valence-electron chi connectivity index (χ0n) is 4.72. The summed E-state index contributed by atoms with van der Waals surface area (Å²) in [6.45, 7) is 3.91. The lowest BCUT2D eigenvalue weighted by atomic mass is 10.3. The third-order valence-corrected chi connectivity index (χ3v) is 0.906. The number of carbonyl (C=O) groups is 1. The van der Waals surface area contributed by atoms with Crippen molar-refractivity contribution in [1.29, 1.82) is 0 Å². The number of carbonyl (C=O) groups excluding carboxylic acids is 1. The molecule has 1 amide bonds. The SMILES string of the molecule is CCC(C)[N]C=O. The summed E-state index contributed by atoms with van der Waals surface area (Å²) in [7, 11) is 0. The molecule has 0 fully saturated rings. The van der Waals surface area contributed by atoms with Crippen LogP contribution >= 0.6 is 0 Å². The fraction of sp³-hybridized carbons (Fsp3) is 0.800. The average molecular weight is 100 g/mol. The van der Waals surface area contributed by atoms with E-state index in [4.69, 9.17) is 0 Å². The predicted molar refractivity (Wildman–Crippen MR) is 28.0 cm³/mol. The molecule has 0 heterocycles. The van der Waals surface area contributed by atoms with E-state index in [2.05, 4.69) is 5.32 Å². The molecule has 0 aliphatic heterocycles. The van der Waals surface area contributed by atoms with Crippen molar-refractivity contribution in [2.75, 3.05) is 0 Å². The average Bonchev–Trinajstić information content (AvgIpc) is 1.68. The molecule has 0 aromatic rings. The zero-order chi connectivity index (χ0) is 5.70. The van der Waals surface area contributed by atoms with Gasteiger partial charge >= 0.3 is 0 Å². The highest BCUT2D eigenvalue weighted by atomic mass is 16.1. The molecule has 0 saturated carbocycles. The Kier molecular flexibility index (Phi) is 3.38. The van der Waals surface area contributed by atoms with E-state index >= 15 is 0 Å². The van der Waals surface area contributed by atoms with Gasteiger partial charge in [0.15, 0.2) is 0 Å². The number of amides is 1. The summed E-state index contributed by atoms with van der Waals surface area (Å²) >= 11 is 0. The Hall–Kier alpha value is -0.530. The smallest absolute Gasteiger partial charge is 0.228 e. The van der Waals surface area contributed by atoms with E-state index < -0.39 is 0 Å². The van der Waals surface area contributed by atoms with Crippen molar-refractivity contribution in [2.24, 2.45) is 0 Å². The predicted octanol–water partition coefficient (Wildman–Crippen LogP) is 0.546. The van der Waals surface area contributed by atoms with E-state index in [0.29, 0.717) is 6.41 Å². The van der Waals surface area contributed by atoms with Crippen LogP contribution in [0.5, 0.6) is 0 Å². The van der Waals surface area contributed by atoms with Crippen LogP contribution in [0, 0.1) is 0 Å². The van der Waals surface area contributed by atoms with Crippen LogP contribution in [0.1, 0.15) is 20.3 Å². The molecule has 0 bridgehead atoms. The Bertz CT molecular complexity index is 54.0. The van der Waals surface area contributed by atoms with Crippen molar-refractivity contribution in [1.82, 2.24) is 5.32 Å². The van der Waals surface area contributed by atoms with E-state index in [1.165, 1.54) is 0 Å². The van der Waals surface area contributed by atoms with Crippen LogP contribution in [0.3, 0.4) is 0 Å². The number of hydrogen-bond donors (Lipinski definition) is 0. The second-order valence-electron chi connectivity index (χ2n) is 1.51. The first-order valence-corrected chi connectivity index (χ1v) is 2.44. The largest absolute Gasteiger partial charge is 0.277 e. The molecule has 0 aromatic carbocycles. The van der Waals surface area contributed by atoms with E-state index in [0.717, 1.165) is 6.42 Å². The lowest BCUT2D eigenvalue weighted by Crippen LogP contribution is -2.14. The summed E-state index contributed by atoms with van der Waals surface area (Å²) in [5, 5.41) is 3.56. The lowest BCUT2D eigenvalue weighted by Gasteiger charge is -1.98. The fourth-order valence-corrected chi connectivity index (χ4v) is 0.209. The summed E-state index contributed by atoms with van der Waals surface area (Å²) < 4.78 is 0. The quantitative estimate of drug-likeness (QED) is 0.476. The molecule has 0 saturated heterocycles. The van der Waals surface area contributed by atoms with Crippen molar-refractivity contribution in [3.63, 3.8) is 0 Å². The van der Waals surface area contributed by atoms with Gasteiger partial charge in [-0.05, 0) is 13.3 Å². The first-order valence-electron chi connectivity index (χ1n) is 2.44. The molecule has 0 aromatic heterocycles. The molecule has 2 nitrogen and oxygen atoms in total. The van der Waals surface area contributed by atoms with Crippen molar-refractivity contribution in [3.05, 3.63) is 0 Å². The van der Waals surface area contributed by atoms with Crippen LogP contribution in [-0.2, 0) is 4.79 Å². The summed E-state index contributed by atoms with van der Waals surface area (Å²) in [6.07, 6.45) is 1.55. The molecule has 7 heavy (non-hydrogen) atoms. The van der Waals surface area contributed by atoms with E-state index in [9.17, 15) is 4.79 Å². The van der Waals surface area contributed by atoms with Crippen molar-refractivity contribution in [2.45, 2.75) is 26.3 Å². The van der Waals surface area contributed by atoms with Gasteiger partial charge in [-0.1, -0.05) is 6.92 Å². The Labute approximate surface area is 43.9 Å². The molecule has 0 aliphatic carbocycles. The van der Waals surface area contributed by atoms with Gasteiger partial charge in [-0.15, -0.1) is 0 Å². The molecule has 1 atom stereocenters. The Morgan fingerprint density at radius 2 is 2.43 bits per heavy atom. The van der Waals surface area contributed by atoms with E-state index in [1.54, 1.807) is 0 Å². The van der Waals surface area contributed by atoms with Gasteiger partial charge in [0.05, 0.1) is 6.04 Å². The minimum absolute atomic E-state index is 0.206. The molecular weight excluding hydrogens is 90.1 g/mol. The molecule has 1 unspecified atom stereocenters. The molecule has 0 spiro atoms. The van der Waals surface area contributed by atoms with Gasteiger partial charge in [-0.3, -0.25) is 10.1 Å². The summed E-state index contributed by atoms with van der Waals surface area (Å²) in [4.78, 5) is 9.61. The summed E-state index contributed by atoms with van der Waals surface area (Å²) in [5.41, 5.74) is 0. The third-order valence-electron chi connectivity index (χ3n) is 0.906. The topological polar surface area (TPSA) is 31.2 Å². The number of nitrogens with zero attached hydrogens (tertiary/aromatic N) is 1. The van der Waals surface area contributed by atoms with Crippen LogP contribution in [0.4, 0.5) is 0 Å². The minimum Gasteiger partial charge on any atom is -0.277 e. The van der Waals surface area contributed by atoms with Gasteiger partial charge in [-0.2, -0.15) is 0 Å². The summed E-state index contributed by atoms with van der Waals surface area (Å²) in [5.74, 6) is 0. The van der Waals surface area contributed by atoms with Crippen molar-refractivity contribution < 1.29 is 4.79 Å². The normalized spacial score (nSPS) is 12.9. The second-order valence-corrected chi connectivity index (χ2v) is 1.51. The fourth-order valence-electron chi connectivity index (χ4n) is 0.209. The maximum absolute atomic E-state index is 9.61. The maximum atomic E-state index is 9.61. The van der Waals surface area contributed by atoms with Crippen LogP contribution in [-0.4, -0.2) is 12.5 Å². The molecule has 1 radical (unpaired) electrons. The first-order chi connectivity index (χ1) is 3.31. The van der Waals surface area contributed by atoms with E-state index in [1.807, 2.05) is 13.8 Å². The number of rotatable bonds is 3. The van der Waals surface area contributed by atoms with Crippen LogP contribution < -0.4 is 5.32 Å². The van der Waals surface area contributed by atoms with Crippen LogP contribution in [0.15, 0.2) is 0 Å². The van der Waals surface area contributed by atoms with Crippen LogP contribution in [0.2, 0.25) is 0 Å². The van der Waals surface area contributed by atoms with Gasteiger partial charge in [0.2, 0.25) is 6.41 Å². The van der Waals surface area contributed by atoms with Crippen molar-refractivity contribution in [3.8, 4) is 0 Å². The first kappa shape index (κ1) is 6.47. The Morgan fingerprint density at radius 3 is 2.57 bits per heavy atom. The minimum atomic E-state index is 0.206. The van der Waals surface area contributed by atoms with Crippen LogP contribution in [0.25, 0.3) is 0 Å². The maximum Gasteiger partial charge on any atom is 0.228 e. The third kappa shape index (κ3) is 3.30. The molecule has 2 heteroatoms. The standard InChI is InChI=1S/C5H10NO/c1-3-5(2)6-4-7/h4-5H,3H2,1-2H3.